The first kappa shape index (κ1) is 13.6. The first-order chi connectivity index (χ1) is 10.0. The predicted octanol–water partition coefficient (Wildman–Crippen LogP) is 3.90. The molecule has 1 amide bonds. The summed E-state index contributed by atoms with van der Waals surface area (Å²) < 4.78 is 0. The minimum absolute atomic E-state index is 0.352. The van der Waals surface area contributed by atoms with Crippen molar-refractivity contribution in [2.75, 3.05) is 6.54 Å². The molecule has 0 radical (unpaired) electrons. The van der Waals surface area contributed by atoms with Gasteiger partial charge in [-0.05, 0) is 31.4 Å². The zero-order valence-electron chi connectivity index (χ0n) is 12.2. The number of rotatable bonds is 1. The van der Waals surface area contributed by atoms with Gasteiger partial charge >= 0.3 is 6.09 Å². The lowest BCUT2D eigenvalue weighted by molar-refractivity contribution is 0.159. The van der Waals surface area contributed by atoms with Crippen LogP contribution in [0.3, 0.4) is 0 Å². The quantitative estimate of drug-likeness (QED) is 0.863. The van der Waals surface area contributed by atoms with Gasteiger partial charge < -0.3 is 5.11 Å². The third-order valence-corrected chi connectivity index (χ3v) is 3.86. The van der Waals surface area contributed by atoms with Crippen molar-refractivity contribution in [1.29, 1.82) is 0 Å². The summed E-state index contributed by atoms with van der Waals surface area (Å²) in [7, 11) is 0. The van der Waals surface area contributed by atoms with Gasteiger partial charge in [0.25, 0.3) is 0 Å². The van der Waals surface area contributed by atoms with Crippen LogP contribution < -0.4 is 0 Å². The van der Waals surface area contributed by atoms with Crippen LogP contribution in [0, 0.1) is 12.8 Å². The molecular formula is C17H18N2O2. The Morgan fingerprint density at radius 1 is 1.33 bits per heavy atom. The summed E-state index contributed by atoms with van der Waals surface area (Å²) in [5.41, 5.74) is 3.54. The molecule has 4 nitrogen and oxygen atoms in total. The van der Waals surface area contributed by atoms with Gasteiger partial charge in [-0.1, -0.05) is 31.2 Å². The number of carbonyl (C=O) groups is 1. The molecule has 1 aliphatic rings. The van der Waals surface area contributed by atoms with Gasteiger partial charge in [-0.15, -0.1) is 0 Å². The van der Waals surface area contributed by atoms with Gasteiger partial charge in [-0.2, -0.15) is 0 Å². The van der Waals surface area contributed by atoms with Crippen molar-refractivity contribution in [2.24, 2.45) is 5.92 Å². The zero-order chi connectivity index (χ0) is 15.0. The molecule has 2 heterocycles. The fraction of sp³-hybridized carbons (Fsp3) is 0.294. The molecule has 0 bridgehead atoms. The normalized spacial score (nSPS) is 18.7. The molecule has 1 aromatic heterocycles. The van der Waals surface area contributed by atoms with Gasteiger partial charge in [-0.25, -0.2) is 4.79 Å². The van der Waals surface area contributed by atoms with E-state index in [-0.39, 0.29) is 0 Å². The molecule has 2 aromatic rings. The molecule has 0 spiro atoms. The minimum Gasteiger partial charge on any atom is -0.465 e. The highest BCUT2D eigenvalue weighted by atomic mass is 16.4. The molecule has 0 fully saturated rings. The van der Waals surface area contributed by atoms with Crippen LogP contribution in [0.15, 0.2) is 36.4 Å². The number of aryl methyl sites for hydroxylation is 1. The second-order valence-corrected chi connectivity index (χ2v) is 5.68. The highest BCUT2D eigenvalue weighted by Gasteiger charge is 2.24. The number of nitrogens with zero attached hydrogens (tertiary/aromatic N) is 2. The number of hydrogen-bond acceptors (Lipinski definition) is 2. The molecular weight excluding hydrogens is 264 g/mol. The second kappa shape index (κ2) is 5.20. The van der Waals surface area contributed by atoms with E-state index in [1.54, 1.807) is 0 Å². The van der Waals surface area contributed by atoms with Crippen molar-refractivity contribution >= 4 is 22.7 Å². The fourth-order valence-corrected chi connectivity index (χ4v) is 2.74. The number of fused-ring (bicyclic) bond motifs is 1. The predicted molar refractivity (Wildman–Crippen MR) is 83.0 cm³/mol. The van der Waals surface area contributed by atoms with E-state index in [0.29, 0.717) is 12.5 Å². The smallest absolute Gasteiger partial charge is 0.411 e. The maximum absolute atomic E-state index is 11.5. The van der Waals surface area contributed by atoms with E-state index < -0.39 is 6.09 Å². The summed E-state index contributed by atoms with van der Waals surface area (Å²) in [5, 5.41) is 10.5. The highest BCUT2D eigenvalue weighted by Crippen LogP contribution is 2.29. The Morgan fingerprint density at radius 2 is 2.10 bits per heavy atom. The standard InChI is InChI=1S/C17H18N2O2/c1-11-3-8-16(19(10-11)17(20)21)14-7-6-13-5-4-12(2)18-15(13)9-14/h4-9,11H,3,10H2,1-2H3,(H,20,21). The molecule has 1 atom stereocenters. The monoisotopic (exact) mass is 282 g/mol. The van der Waals surface area contributed by atoms with Crippen LogP contribution in [0.25, 0.3) is 16.6 Å². The number of hydrogen-bond donors (Lipinski definition) is 1. The summed E-state index contributed by atoms with van der Waals surface area (Å²) in [4.78, 5) is 17.4. The van der Waals surface area contributed by atoms with Crippen LogP contribution in [-0.4, -0.2) is 27.6 Å². The van der Waals surface area contributed by atoms with Crippen molar-refractivity contribution in [3.05, 3.63) is 47.7 Å². The van der Waals surface area contributed by atoms with Gasteiger partial charge in [0.15, 0.2) is 0 Å². The molecule has 1 unspecified atom stereocenters. The number of aromatic nitrogens is 1. The van der Waals surface area contributed by atoms with Crippen molar-refractivity contribution in [3.8, 4) is 0 Å². The molecule has 108 valence electrons. The van der Waals surface area contributed by atoms with E-state index >= 15 is 0 Å². The van der Waals surface area contributed by atoms with Gasteiger partial charge in [0.1, 0.15) is 0 Å². The molecule has 0 aliphatic carbocycles. The van der Waals surface area contributed by atoms with E-state index in [0.717, 1.165) is 34.3 Å². The largest absolute Gasteiger partial charge is 0.465 e. The highest BCUT2D eigenvalue weighted by molar-refractivity contribution is 5.87. The van der Waals surface area contributed by atoms with Crippen LogP contribution >= 0.6 is 0 Å². The maximum atomic E-state index is 11.5. The Morgan fingerprint density at radius 3 is 2.86 bits per heavy atom. The molecule has 1 N–H and O–H groups in total. The van der Waals surface area contributed by atoms with Gasteiger partial charge in [0, 0.05) is 23.2 Å². The number of carboxylic acid groups (broad SMARTS) is 1. The Bertz CT molecular complexity index is 737. The van der Waals surface area contributed by atoms with Crippen LogP contribution in [0.2, 0.25) is 0 Å². The summed E-state index contributed by atoms with van der Waals surface area (Å²) >= 11 is 0. The third-order valence-electron chi connectivity index (χ3n) is 3.86. The van der Waals surface area contributed by atoms with Crippen LogP contribution in [-0.2, 0) is 0 Å². The SMILES string of the molecule is Cc1ccc2ccc(C3=CCC(C)CN3C(=O)O)cc2n1. The Balaban J connectivity index is 2.08. The molecule has 0 saturated carbocycles. The third kappa shape index (κ3) is 2.61. The lowest BCUT2D eigenvalue weighted by Gasteiger charge is -2.30. The topological polar surface area (TPSA) is 53.4 Å². The molecule has 3 rings (SSSR count). The zero-order valence-corrected chi connectivity index (χ0v) is 12.2. The van der Waals surface area contributed by atoms with E-state index in [1.807, 2.05) is 43.3 Å². The second-order valence-electron chi connectivity index (χ2n) is 5.68. The van der Waals surface area contributed by atoms with Crippen molar-refractivity contribution < 1.29 is 9.90 Å². The molecule has 1 aliphatic heterocycles. The molecule has 21 heavy (non-hydrogen) atoms. The average Bonchev–Trinajstić information content (AvgIpc) is 2.46. The average molecular weight is 282 g/mol. The first-order valence-corrected chi connectivity index (χ1v) is 7.13. The van der Waals surface area contributed by atoms with Crippen LogP contribution in [0.5, 0.6) is 0 Å². The van der Waals surface area contributed by atoms with Gasteiger partial charge in [0.2, 0.25) is 0 Å². The van der Waals surface area contributed by atoms with E-state index in [2.05, 4.69) is 11.9 Å². The molecule has 0 saturated heterocycles. The lowest BCUT2D eigenvalue weighted by atomic mass is 9.98. The minimum atomic E-state index is -0.898. The Labute approximate surface area is 123 Å². The maximum Gasteiger partial charge on any atom is 0.411 e. The van der Waals surface area contributed by atoms with Crippen molar-refractivity contribution in [2.45, 2.75) is 20.3 Å². The van der Waals surface area contributed by atoms with Crippen molar-refractivity contribution in [1.82, 2.24) is 9.88 Å². The Hall–Kier alpha value is -2.36. The van der Waals surface area contributed by atoms with E-state index in [4.69, 9.17) is 0 Å². The van der Waals surface area contributed by atoms with Crippen LogP contribution in [0.4, 0.5) is 4.79 Å². The van der Waals surface area contributed by atoms with Gasteiger partial charge in [-0.3, -0.25) is 9.88 Å². The summed E-state index contributed by atoms with van der Waals surface area (Å²) in [6, 6.07) is 9.95. The number of allylic oxidation sites excluding steroid dienone is 1. The summed E-state index contributed by atoms with van der Waals surface area (Å²) in [5.74, 6) is 0.352. The van der Waals surface area contributed by atoms with E-state index in [1.165, 1.54) is 4.90 Å². The molecule has 1 aromatic carbocycles. The number of benzene rings is 1. The lowest BCUT2D eigenvalue weighted by Crippen LogP contribution is -2.34. The van der Waals surface area contributed by atoms with Crippen LogP contribution in [0.1, 0.15) is 24.6 Å². The Kier molecular flexibility index (Phi) is 3.37. The van der Waals surface area contributed by atoms with Crippen molar-refractivity contribution in [3.63, 3.8) is 0 Å². The van der Waals surface area contributed by atoms with E-state index in [9.17, 15) is 9.90 Å². The molecule has 4 heteroatoms. The summed E-state index contributed by atoms with van der Waals surface area (Å²) in [6.07, 6.45) is 2.02. The summed E-state index contributed by atoms with van der Waals surface area (Å²) in [6.45, 7) is 4.56. The fourth-order valence-electron chi connectivity index (χ4n) is 2.74. The number of amides is 1. The van der Waals surface area contributed by atoms with Gasteiger partial charge in [0.05, 0.1) is 11.2 Å². The number of pyridine rings is 1. The first-order valence-electron chi connectivity index (χ1n) is 7.13.